The topological polar surface area (TPSA) is 12.9 Å². The van der Waals surface area contributed by atoms with Crippen molar-refractivity contribution in [3.63, 3.8) is 0 Å². The standard InChI is InChI=1S/C48H37N/c1-3-34-17-13-23-40-39(34)22-14-24-41(40)48-44-20-11-9-18-42(44)47(43-19-10-12-21-45(43)48)36-27-25-35(26-28-36)37-29-30-49-46(32-37)38-16-8-6-4-5-7-15-33(2)31-38/h4-5,7-32H,2-3,6H2,1H3/b5-4-,15-7-,16-8-,38-31+. The second kappa shape index (κ2) is 13.2. The molecular weight excluding hydrogens is 591 g/mol. The van der Waals surface area contributed by atoms with Gasteiger partial charge in [0.25, 0.3) is 0 Å². The number of nitrogens with zero attached hydrogens (tertiary/aromatic N) is 1. The molecule has 0 bridgehead atoms. The van der Waals surface area contributed by atoms with Crippen LogP contribution in [-0.2, 0) is 6.42 Å². The molecule has 0 unspecified atom stereocenters. The normalized spacial score (nSPS) is 16.3. The number of fused-ring (bicyclic) bond motifs is 3. The lowest BCUT2D eigenvalue weighted by Gasteiger charge is -2.19. The summed E-state index contributed by atoms with van der Waals surface area (Å²) >= 11 is 0. The van der Waals surface area contributed by atoms with Gasteiger partial charge in [0, 0.05) is 11.8 Å². The zero-order valence-electron chi connectivity index (χ0n) is 27.7. The number of benzene rings is 6. The molecule has 0 fully saturated rings. The lowest BCUT2D eigenvalue weighted by molar-refractivity contribution is 1.16. The minimum atomic E-state index is 0.876. The van der Waals surface area contributed by atoms with E-state index in [1.165, 1.54) is 60.1 Å². The molecule has 1 heterocycles. The molecule has 6 aromatic carbocycles. The summed E-state index contributed by atoms with van der Waals surface area (Å²) < 4.78 is 0. The summed E-state index contributed by atoms with van der Waals surface area (Å²) in [4.78, 5) is 4.74. The number of aromatic nitrogens is 1. The van der Waals surface area contributed by atoms with Crippen LogP contribution in [0.4, 0.5) is 0 Å². The number of allylic oxidation sites excluding steroid dienone is 9. The van der Waals surface area contributed by atoms with E-state index in [1.807, 2.05) is 18.3 Å². The Kier molecular flexibility index (Phi) is 8.17. The second-order valence-electron chi connectivity index (χ2n) is 12.6. The summed E-state index contributed by atoms with van der Waals surface area (Å²) in [5.41, 5.74) is 11.7. The fourth-order valence-corrected chi connectivity index (χ4v) is 7.29. The van der Waals surface area contributed by atoms with E-state index >= 15 is 0 Å². The van der Waals surface area contributed by atoms with E-state index in [9.17, 15) is 0 Å². The summed E-state index contributed by atoms with van der Waals surface area (Å²) in [6, 6.07) is 44.6. The molecule has 0 aliphatic heterocycles. The Morgan fingerprint density at radius 1 is 0.571 bits per heavy atom. The average molecular weight is 628 g/mol. The monoisotopic (exact) mass is 627 g/mol. The molecule has 0 amide bonds. The molecule has 8 rings (SSSR count). The van der Waals surface area contributed by atoms with Crippen molar-refractivity contribution in [2.75, 3.05) is 0 Å². The van der Waals surface area contributed by atoms with Gasteiger partial charge in [-0.05, 0) is 108 Å². The first-order valence-electron chi connectivity index (χ1n) is 17.1. The van der Waals surface area contributed by atoms with Gasteiger partial charge >= 0.3 is 0 Å². The number of aryl methyl sites for hydroxylation is 1. The van der Waals surface area contributed by atoms with Gasteiger partial charge in [-0.1, -0.05) is 159 Å². The molecule has 7 aromatic rings. The first kappa shape index (κ1) is 30.3. The number of pyridine rings is 1. The second-order valence-corrected chi connectivity index (χ2v) is 12.6. The molecular formula is C48H37N. The SMILES string of the molecule is C=C1/C=C\C=C/C/C=C\C(c2cc(-c3ccc(-c4c5ccccc5c(-c5cccc6c(CC)cccc56)c5ccccc45)cc3)ccn2)=C/1. The molecule has 0 spiro atoms. The highest BCUT2D eigenvalue weighted by Crippen LogP contribution is 2.45. The van der Waals surface area contributed by atoms with Gasteiger partial charge in [0.1, 0.15) is 0 Å². The maximum Gasteiger partial charge on any atom is 0.0708 e. The quantitative estimate of drug-likeness (QED) is 0.173. The van der Waals surface area contributed by atoms with Crippen LogP contribution in [0.25, 0.3) is 71.3 Å². The molecule has 0 N–H and O–H groups in total. The van der Waals surface area contributed by atoms with Gasteiger partial charge in [-0.2, -0.15) is 0 Å². The van der Waals surface area contributed by atoms with Crippen molar-refractivity contribution in [3.05, 3.63) is 193 Å². The summed E-state index contributed by atoms with van der Waals surface area (Å²) in [5, 5.41) is 7.71. The van der Waals surface area contributed by atoms with Crippen molar-refractivity contribution in [1.29, 1.82) is 0 Å². The molecule has 1 aliphatic carbocycles. The van der Waals surface area contributed by atoms with Crippen LogP contribution in [0.15, 0.2) is 182 Å². The maximum absolute atomic E-state index is 4.74. The number of rotatable bonds is 5. The van der Waals surface area contributed by atoms with Crippen LogP contribution in [0, 0.1) is 0 Å². The Morgan fingerprint density at radius 2 is 1.22 bits per heavy atom. The van der Waals surface area contributed by atoms with Gasteiger partial charge in [-0.25, -0.2) is 0 Å². The highest BCUT2D eigenvalue weighted by atomic mass is 14.7. The van der Waals surface area contributed by atoms with Crippen LogP contribution >= 0.6 is 0 Å². The predicted molar refractivity (Wildman–Crippen MR) is 212 cm³/mol. The van der Waals surface area contributed by atoms with Gasteiger partial charge in [0.2, 0.25) is 0 Å². The fourth-order valence-electron chi connectivity index (χ4n) is 7.29. The molecule has 0 atom stereocenters. The van der Waals surface area contributed by atoms with E-state index in [4.69, 9.17) is 4.98 Å². The molecule has 1 heteroatoms. The number of hydrogen-bond acceptors (Lipinski definition) is 1. The first-order chi connectivity index (χ1) is 24.2. The fraction of sp³-hybridized carbons (Fsp3) is 0.0625. The van der Waals surface area contributed by atoms with E-state index in [0.717, 1.165) is 40.8 Å². The van der Waals surface area contributed by atoms with Crippen LogP contribution in [0.5, 0.6) is 0 Å². The van der Waals surface area contributed by atoms with Gasteiger partial charge in [0.15, 0.2) is 0 Å². The smallest absolute Gasteiger partial charge is 0.0708 e. The molecule has 0 radical (unpaired) electrons. The van der Waals surface area contributed by atoms with Crippen molar-refractivity contribution >= 4 is 37.9 Å². The van der Waals surface area contributed by atoms with Crippen molar-refractivity contribution in [1.82, 2.24) is 4.98 Å². The zero-order chi connectivity index (χ0) is 33.2. The Balaban J connectivity index is 1.25. The van der Waals surface area contributed by atoms with E-state index in [0.29, 0.717) is 0 Å². The molecule has 1 nitrogen and oxygen atoms in total. The van der Waals surface area contributed by atoms with E-state index in [1.54, 1.807) is 0 Å². The van der Waals surface area contributed by atoms with Gasteiger partial charge in [-0.3, -0.25) is 4.98 Å². The van der Waals surface area contributed by atoms with Crippen LogP contribution in [0.3, 0.4) is 0 Å². The highest BCUT2D eigenvalue weighted by molar-refractivity contribution is 6.23. The average Bonchev–Trinajstić information content (AvgIpc) is 3.16. The summed E-state index contributed by atoms with van der Waals surface area (Å²) in [7, 11) is 0. The van der Waals surface area contributed by atoms with Crippen molar-refractivity contribution in [2.45, 2.75) is 19.8 Å². The summed E-state index contributed by atoms with van der Waals surface area (Å²) in [6.07, 6.45) is 18.5. The third-order valence-corrected chi connectivity index (χ3v) is 9.62. The van der Waals surface area contributed by atoms with Crippen LogP contribution in [-0.4, -0.2) is 4.98 Å². The Labute approximate surface area is 288 Å². The first-order valence-corrected chi connectivity index (χ1v) is 17.1. The Hall–Kier alpha value is -6.05. The third kappa shape index (κ3) is 5.75. The molecule has 1 aromatic heterocycles. The third-order valence-electron chi connectivity index (χ3n) is 9.62. The summed E-state index contributed by atoms with van der Waals surface area (Å²) in [6.45, 7) is 6.45. The lowest BCUT2D eigenvalue weighted by Crippen LogP contribution is -1.93. The minimum Gasteiger partial charge on any atom is -0.256 e. The Bertz CT molecular complexity index is 2450. The van der Waals surface area contributed by atoms with Gasteiger partial charge in [0.05, 0.1) is 5.69 Å². The van der Waals surface area contributed by atoms with Crippen molar-refractivity contribution < 1.29 is 0 Å². The van der Waals surface area contributed by atoms with Gasteiger partial charge in [-0.15, -0.1) is 0 Å². The molecule has 0 saturated carbocycles. The van der Waals surface area contributed by atoms with Crippen molar-refractivity contribution in [3.8, 4) is 33.4 Å². The van der Waals surface area contributed by atoms with Crippen LogP contribution in [0.1, 0.15) is 24.6 Å². The summed E-state index contributed by atoms with van der Waals surface area (Å²) in [5.74, 6) is 0. The van der Waals surface area contributed by atoms with Gasteiger partial charge < -0.3 is 0 Å². The largest absolute Gasteiger partial charge is 0.256 e. The van der Waals surface area contributed by atoms with Crippen LogP contribution < -0.4 is 0 Å². The minimum absolute atomic E-state index is 0.876. The predicted octanol–water partition coefficient (Wildman–Crippen LogP) is 13.1. The zero-order valence-corrected chi connectivity index (χ0v) is 27.7. The van der Waals surface area contributed by atoms with Crippen LogP contribution in [0.2, 0.25) is 0 Å². The lowest BCUT2D eigenvalue weighted by atomic mass is 9.84. The van der Waals surface area contributed by atoms with E-state index in [2.05, 4.69) is 165 Å². The number of hydrogen-bond donors (Lipinski definition) is 0. The highest BCUT2D eigenvalue weighted by Gasteiger charge is 2.18. The molecule has 49 heavy (non-hydrogen) atoms. The van der Waals surface area contributed by atoms with Crippen molar-refractivity contribution in [2.24, 2.45) is 0 Å². The van der Waals surface area contributed by atoms with E-state index in [-0.39, 0.29) is 0 Å². The van der Waals surface area contributed by atoms with E-state index < -0.39 is 0 Å². The Morgan fingerprint density at radius 3 is 1.96 bits per heavy atom. The molecule has 234 valence electrons. The molecule has 0 saturated heterocycles. The maximum atomic E-state index is 4.74. The molecule has 1 aliphatic rings.